The van der Waals surface area contributed by atoms with Gasteiger partial charge < -0.3 is 0 Å². The van der Waals surface area contributed by atoms with E-state index >= 15 is 0 Å². The van der Waals surface area contributed by atoms with E-state index in [1.165, 1.54) is 16.9 Å². The molecule has 2 heterocycles. The maximum absolute atomic E-state index is 13.6. The molecule has 0 aliphatic carbocycles. The molecule has 3 rings (SSSR count). The van der Waals surface area contributed by atoms with E-state index in [1.54, 1.807) is 18.2 Å². The Morgan fingerprint density at radius 3 is 2.89 bits per heavy atom. The van der Waals surface area contributed by atoms with Gasteiger partial charge in [0.2, 0.25) is 0 Å². The zero-order valence-electron chi connectivity index (χ0n) is 9.60. The standard InChI is InChI=1S/C12H8ClFN4O/c13-11-8-5-15-16-12(19)10(8)17-18(11)6-7-3-1-2-4-9(7)14/h1-5H,6H2,(H,16,19). The summed E-state index contributed by atoms with van der Waals surface area (Å²) in [6.07, 6.45) is 1.42. The lowest BCUT2D eigenvalue weighted by Crippen LogP contribution is -2.08. The van der Waals surface area contributed by atoms with Gasteiger partial charge in [0.1, 0.15) is 11.0 Å². The summed E-state index contributed by atoms with van der Waals surface area (Å²) in [6.45, 7) is 0.152. The van der Waals surface area contributed by atoms with Crippen LogP contribution in [0.3, 0.4) is 0 Å². The fraction of sp³-hybridized carbons (Fsp3) is 0.0833. The highest BCUT2D eigenvalue weighted by atomic mass is 35.5. The van der Waals surface area contributed by atoms with Crippen molar-refractivity contribution in [1.29, 1.82) is 0 Å². The summed E-state index contributed by atoms with van der Waals surface area (Å²) in [5, 5.41) is 10.7. The van der Waals surface area contributed by atoms with Crippen LogP contribution in [0.25, 0.3) is 10.9 Å². The number of hydrogen-bond donors (Lipinski definition) is 1. The highest BCUT2D eigenvalue weighted by Crippen LogP contribution is 2.21. The Morgan fingerprint density at radius 2 is 2.16 bits per heavy atom. The number of benzene rings is 1. The molecule has 19 heavy (non-hydrogen) atoms. The zero-order valence-corrected chi connectivity index (χ0v) is 10.4. The van der Waals surface area contributed by atoms with Crippen LogP contribution < -0.4 is 5.56 Å². The molecule has 0 fully saturated rings. The van der Waals surface area contributed by atoms with Crippen molar-refractivity contribution in [3.63, 3.8) is 0 Å². The van der Waals surface area contributed by atoms with Gasteiger partial charge in [-0.25, -0.2) is 14.2 Å². The van der Waals surface area contributed by atoms with E-state index < -0.39 is 5.56 Å². The number of nitrogens with one attached hydrogen (secondary N) is 1. The average molecular weight is 279 g/mol. The Labute approximate surface area is 111 Å². The van der Waals surface area contributed by atoms with Gasteiger partial charge in [0.05, 0.1) is 18.1 Å². The summed E-state index contributed by atoms with van der Waals surface area (Å²) < 4.78 is 15.0. The minimum Gasteiger partial charge on any atom is -0.265 e. The number of fused-ring (bicyclic) bond motifs is 1. The second kappa shape index (κ2) is 4.47. The lowest BCUT2D eigenvalue weighted by molar-refractivity contribution is 0.587. The van der Waals surface area contributed by atoms with Gasteiger partial charge in [0, 0.05) is 5.56 Å². The van der Waals surface area contributed by atoms with Crippen LogP contribution in [0.4, 0.5) is 4.39 Å². The predicted molar refractivity (Wildman–Crippen MR) is 68.7 cm³/mol. The number of H-pyrrole nitrogens is 1. The summed E-state index contributed by atoms with van der Waals surface area (Å²) in [5.41, 5.74) is 0.213. The Bertz CT molecular complexity index is 811. The van der Waals surface area contributed by atoms with Crippen LogP contribution in [0.15, 0.2) is 35.3 Å². The molecule has 2 aromatic heterocycles. The molecule has 0 spiro atoms. The molecule has 0 saturated heterocycles. The molecule has 96 valence electrons. The third kappa shape index (κ3) is 2.00. The van der Waals surface area contributed by atoms with Crippen molar-refractivity contribution < 1.29 is 4.39 Å². The summed E-state index contributed by atoms with van der Waals surface area (Å²) in [5.74, 6) is -0.342. The van der Waals surface area contributed by atoms with Crippen LogP contribution in [0.1, 0.15) is 5.56 Å². The fourth-order valence-electron chi connectivity index (χ4n) is 1.84. The molecule has 5 nitrogen and oxygen atoms in total. The van der Waals surface area contributed by atoms with Crippen molar-refractivity contribution in [1.82, 2.24) is 20.0 Å². The first-order valence-corrected chi connectivity index (χ1v) is 5.87. The van der Waals surface area contributed by atoms with E-state index in [9.17, 15) is 9.18 Å². The number of aromatic nitrogens is 4. The van der Waals surface area contributed by atoms with Crippen molar-refractivity contribution in [3.8, 4) is 0 Å². The smallest absolute Gasteiger partial charge is 0.265 e. The summed E-state index contributed by atoms with van der Waals surface area (Å²) in [4.78, 5) is 11.5. The molecule has 0 aliphatic heterocycles. The lowest BCUT2D eigenvalue weighted by atomic mass is 10.2. The molecule has 0 bridgehead atoms. The van der Waals surface area contributed by atoms with Crippen molar-refractivity contribution in [2.75, 3.05) is 0 Å². The molecule has 1 aromatic carbocycles. The van der Waals surface area contributed by atoms with Crippen LogP contribution >= 0.6 is 11.6 Å². The quantitative estimate of drug-likeness (QED) is 0.779. The Morgan fingerprint density at radius 1 is 1.37 bits per heavy atom. The topological polar surface area (TPSA) is 63.6 Å². The van der Waals surface area contributed by atoms with Gasteiger partial charge in [0.25, 0.3) is 5.56 Å². The minimum atomic E-state index is -0.424. The second-order valence-electron chi connectivity index (χ2n) is 4.00. The molecular formula is C12H8ClFN4O. The first kappa shape index (κ1) is 11.9. The second-order valence-corrected chi connectivity index (χ2v) is 4.36. The summed E-state index contributed by atoms with van der Waals surface area (Å²) in [7, 11) is 0. The van der Waals surface area contributed by atoms with E-state index in [-0.39, 0.29) is 23.0 Å². The fourth-order valence-corrected chi connectivity index (χ4v) is 2.07. The number of nitrogens with zero attached hydrogens (tertiary/aromatic N) is 3. The van der Waals surface area contributed by atoms with Crippen molar-refractivity contribution >= 4 is 22.5 Å². The first-order chi connectivity index (χ1) is 9.16. The molecule has 7 heteroatoms. The van der Waals surface area contributed by atoms with Crippen LogP contribution in [-0.4, -0.2) is 20.0 Å². The Hall–Kier alpha value is -2.21. The van der Waals surface area contributed by atoms with E-state index in [4.69, 9.17) is 11.6 Å². The zero-order chi connectivity index (χ0) is 13.4. The van der Waals surface area contributed by atoms with Crippen molar-refractivity contribution in [2.45, 2.75) is 6.54 Å². The van der Waals surface area contributed by atoms with Gasteiger partial charge >= 0.3 is 0 Å². The Balaban J connectivity index is 2.12. The molecule has 0 aliphatic rings. The molecular weight excluding hydrogens is 271 g/mol. The van der Waals surface area contributed by atoms with Crippen molar-refractivity contribution in [3.05, 3.63) is 57.3 Å². The lowest BCUT2D eigenvalue weighted by Gasteiger charge is -2.04. The van der Waals surface area contributed by atoms with E-state index in [2.05, 4.69) is 15.3 Å². The van der Waals surface area contributed by atoms with Gasteiger partial charge in [0.15, 0.2) is 5.52 Å². The number of hydrogen-bond acceptors (Lipinski definition) is 3. The molecule has 0 saturated carbocycles. The van der Waals surface area contributed by atoms with Gasteiger partial charge in [-0.1, -0.05) is 29.8 Å². The summed E-state index contributed by atoms with van der Waals surface area (Å²) in [6, 6.07) is 6.33. The van der Waals surface area contributed by atoms with Gasteiger partial charge in [-0.05, 0) is 6.07 Å². The average Bonchev–Trinajstić information content (AvgIpc) is 2.72. The van der Waals surface area contributed by atoms with E-state index in [1.807, 2.05) is 0 Å². The maximum Gasteiger partial charge on any atom is 0.292 e. The van der Waals surface area contributed by atoms with Gasteiger partial charge in [-0.2, -0.15) is 10.2 Å². The number of rotatable bonds is 2. The van der Waals surface area contributed by atoms with Crippen LogP contribution in [-0.2, 0) is 6.54 Å². The van der Waals surface area contributed by atoms with Crippen LogP contribution in [0.5, 0.6) is 0 Å². The van der Waals surface area contributed by atoms with Crippen LogP contribution in [0.2, 0.25) is 5.15 Å². The normalized spacial score (nSPS) is 11.1. The molecule has 0 atom stereocenters. The molecule has 3 aromatic rings. The SMILES string of the molecule is O=c1[nH]ncc2c(Cl)n(Cc3ccccc3F)nc12. The van der Waals surface area contributed by atoms with E-state index in [0.717, 1.165) is 0 Å². The summed E-state index contributed by atoms with van der Waals surface area (Å²) >= 11 is 6.12. The highest BCUT2D eigenvalue weighted by molar-refractivity contribution is 6.34. The third-order valence-corrected chi connectivity index (χ3v) is 3.18. The minimum absolute atomic E-state index is 0.152. The Kier molecular flexibility index (Phi) is 2.79. The van der Waals surface area contributed by atoms with E-state index in [0.29, 0.717) is 10.9 Å². The number of halogens is 2. The predicted octanol–water partition coefficient (Wildman–Crippen LogP) is 1.96. The third-order valence-electron chi connectivity index (χ3n) is 2.78. The number of aromatic amines is 1. The van der Waals surface area contributed by atoms with Gasteiger partial charge in [-0.3, -0.25) is 4.79 Å². The maximum atomic E-state index is 13.6. The van der Waals surface area contributed by atoms with Crippen LogP contribution in [0, 0.1) is 5.82 Å². The molecule has 0 unspecified atom stereocenters. The highest BCUT2D eigenvalue weighted by Gasteiger charge is 2.13. The largest absolute Gasteiger partial charge is 0.292 e. The molecule has 0 radical (unpaired) electrons. The first-order valence-electron chi connectivity index (χ1n) is 5.50. The van der Waals surface area contributed by atoms with Gasteiger partial charge in [-0.15, -0.1) is 0 Å². The van der Waals surface area contributed by atoms with Crippen molar-refractivity contribution in [2.24, 2.45) is 0 Å². The molecule has 0 amide bonds. The monoisotopic (exact) mass is 278 g/mol. The molecule has 1 N–H and O–H groups in total.